The molecule has 2 aromatic rings. The first-order valence-corrected chi connectivity index (χ1v) is 14.4. The van der Waals surface area contributed by atoms with E-state index in [0.29, 0.717) is 0 Å². The Kier molecular flexibility index (Phi) is 8.77. The lowest BCUT2D eigenvalue weighted by atomic mass is 10.2. The Bertz CT molecular complexity index is 1540. The summed E-state index contributed by atoms with van der Waals surface area (Å²) in [4.78, 5) is 64.0. The second kappa shape index (κ2) is 11.8. The normalized spacial score (nSPS) is 27.9. The predicted octanol–water partition coefficient (Wildman–Crippen LogP) is -0.573. The van der Waals surface area contributed by atoms with Gasteiger partial charge in [0.1, 0.15) is 30.8 Å². The Morgan fingerprint density at radius 2 is 1.48 bits per heavy atom. The second-order valence-electron chi connectivity index (χ2n) is 9.73. The molecule has 2 aromatic heterocycles. The highest BCUT2D eigenvalue weighted by Gasteiger charge is 2.43. The fourth-order valence-corrected chi connectivity index (χ4v) is 5.78. The Balaban J connectivity index is 1.44. The summed E-state index contributed by atoms with van der Waals surface area (Å²) >= 11 is 0. The maximum absolute atomic E-state index is 13.3. The van der Waals surface area contributed by atoms with E-state index in [-0.39, 0.29) is 30.6 Å². The Hall–Kier alpha value is -3.14. The number of nitrogens with one attached hydrogen (secondary N) is 2. The van der Waals surface area contributed by atoms with Gasteiger partial charge in [0, 0.05) is 50.0 Å². The lowest BCUT2D eigenvalue weighted by Gasteiger charge is -2.24. The van der Waals surface area contributed by atoms with Gasteiger partial charge in [-0.2, -0.15) is 0 Å². The maximum Gasteiger partial charge on any atom is 0.330 e. The van der Waals surface area contributed by atoms with Crippen LogP contribution >= 0.6 is 7.60 Å². The standard InChI is InChI=1S/C23H31N4O12P/c1-11-7-26(22(32)24-20(11)30)18-5-14(36-13(3)29)17(38-18)10-35-40(4,34)39-15-6-19(37-16(15)9-28)27-8-12(2)21(31)25-23(27)33/h7-8,14-19,28H,5-6,9-10H2,1-4H3,(H,24,30,32)(H,25,31,33)/t14-,15-,16+,17+,18+,19+,40?/m0/s1. The molecule has 7 atom stereocenters. The summed E-state index contributed by atoms with van der Waals surface area (Å²) in [5.74, 6) is -0.604. The van der Waals surface area contributed by atoms with Crippen molar-refractivity contribution in [2.75, 3.05) is 19.9 Å². The molecule has 0 amide bonds. The van der Waals surface area contributed by atoms with Crippen molar-refractivity contribution < 1.29 is 37.7 Å². The number of aliphatic hydroxyl groups is 1. The number of aromatic nitrogens is 4. The third-order valence-corrected chi connectivity index (χ3v) is 7.84. The molecule has 3 N–H and O–H groups in total. The maximum atomic E-state index is 13.3. The van der Waals surface area contributed by atoms with Crippen LogP contribution in [-0.2, 0) is 32.6 Å². The van der Waals surface area contributed by atoms with Crippen LogP contribution in [0.1, 0.15) is 43.3 Å². The van der Waals surface area contributed by atoms with Crippen molar-refractivity contribution in [3.05, 3.63) is 65.2 Å². The minimum atomic E-state index is -3.84. The minimum absolute atomic E-state index is 0.0182. The van der Waals surface area contributed by atoms with E-state index in [9.17, 15) is 33.6 Å². The number of hydrogen-bond acceptors (Lipinski definition) is 12. The van der Waals surface area contributed by atoms with Crippen LogP contribution in [0.15, 0.2) is 31.6 Å². The smallest absolute Gasteiger partial charge is 0.330 e. The topological polar surface area (TPSA) is 210 Å². The lowest BCUT2D eigenvalue weighted by Crippen LogP contribution is -2.33. The molecule has 2 aliphatic heterocycles. The van der Waals surface area contributed by atoms with E-state index in [0.717, 1.165) is 9.13 Å². The van der Waals surface area contributed by atoms with E-state index in [1.165, 1.54) is 39.8 Å². The molecule has 40 heavy (non-hydrogen) atoms. The molecule has 2 saturated heterocycles. The predicted molar refractivity (Wildman–Crippen MR) is 136 cm³/mol. The van der Waals surface area contributed by atoms with Crippen molar-refractivity contribution in [3.8, 4) is 0 Å². The lowest BCUT2D eigenvalue weighted by molar-refractivity contribution is -0.150. The molecule has 0 spiro atoms. The summed E-state index contributed by atoms with van der Waals surface area (Å²) in [5, 5.41) is 9.78. The van der Waals surface area contributed by atoms with Gasteiger partial charge in [0.2, 0.25) is 0 Å². The fourth-order valence-electron chi connectivity index (χ4n) is 4.59. The van der Waals surface area contributed by atoms with Crippen molar-refractivity contribution in [2.24, 2.45) is 0 Å². The first-order valence-electron chi connectivity index (χ1n) is 12.4. The summed E-state index contributed by atoms with van der Waals surface area (Å²) in [6.45, 7) is 4.59. The molecule has 0 saturated carbocycles. The zero-order valence-corrected chi connectivity index (χ0v) is 23.1. The van der Waals surface area contributed by atoms with E-state index >= 15 is 0 Å². The number of carbonyl (C=O) groups is 1. The van der Waals surface area contributed by atoms with E-state index in [1.54, 1.807) is 0 Å². The van der Waals surface area contributed by atoms with Crippen molar-refractivity contribution in [3.63, 3.8) is 0 Å². The van der Waals surface area contributed by atoms with E-state index < -0.39 is 79.5 Å². The van der Waals surface area contributed by atoms with Crippen LogP contribution in [0.4, 0.5) is 0 Å². The molecule has 4 rings (SSSR count). The Labute approximate surface area is 226 Å². The van der Waals surface area contributed by atoms with Crippen LogP contribution in [0.25, 0.3) is 0 Å². The number of esters is 1. The zero-order valence-electron chi connectivity index (χ0n) is 22.2. The molecular weight excluding hydrogens is 555 g/mol. The highest BCUT2D eigenvalue weighted by atomic mass is 31.2. The number of nitrogens with zero attached hydrogens (tertiary/aromatic N) is 2. The van der Waals surface area contributed by atoms with Gasteiger partial charge < -0.3 is 28.4 Å². The van der Waals surface area contributed by atoms with E-state index in [4.69, 9.17) is 23.3 Å². The van der Waals surface area contributed by atoms with Gasteiger partial charge in [-0.3, -0.25) is 38.1 Å². The van der Waals surface area contributed by atoms with Gasteiger partial charge in [0.15, 0.2) is 0 Å². The molecule has 0 radical (unpaired) electrons. The van der Waals surface area contributed by atoms with E-state index in [2.05, 4.69) is 9.97 Å². The van der Waals surface area contributed by atoms with Crippen LogP contribution in [0.5, 0.6) is 0 Å². The molecular formula is C23H31N4O12P. The third kappa shape index (κ3) is 6.59. The van der Waals surface area contributed by atoms with E-state index in [1.807, 2.05) is 0 Å². The van der Waals surface area contributed by atoms with Gasteiger partial charge in [-0.05, 0) is 13.8 Å². The quantitative estimate of drug-likeness (QED) is 0.249. The van der Waals surface area contributed by atoms with Crippen LogP contribution in [0, 0.1) is 13.8 Å². The average Bonchev–Trinajstić information content (AvgIpc) is 3.45. The number of aliphatic hydroxyl groups excluding tert-OH is 1. The SMILES string of the molecule is CC(=O)O[C@H]1C[C@H](n2cc(C)c(=O)[nH]c2=O)O[C@@H]1COP(C)(=O)O[C@H]1C[C@H](n2cc(C)c(=O)[nH]c2=O)O[C@@H]1CO. The van der Waals surface area contributed by atoms with Crippen molar-refractivity contribution in [2.45, 2.75) is 70.5 Å². The molecule has 16 nitrogen and oxygen atoms in total. The fraction of sp³-hybridized carbons (Fsp3) is 0.609. The van der Waals surface area contributed by atoms with Gasteiger partial charge in [-0.15, -0.1) is 0 Å². The van der Waals surface area contributed by atoms with Crippen molar-refractivity contribution >= 4 is 13.6 Å². The average molecular weight is 586 g/mol. The van der Waals surface area contributed by atoms with Gasteiger partial charge >= 0.3 is 24.9 Å². The van der Waals surface area contributed by atoms with Crippen molar-refractivity contribution in [1.82, 2.24) is 19.1 Å². The first kappa shape index (κ1) is 29.8. The highest BCUT2D eigenvalue weighted by molar-refractivity contribution is 7.53. The number of aromatic amines is 2. The largest absolute Gasteiger partial charge is 0.460 e. The number of hydrogen-bond donors (Lipinski definition) is 3. The summed E-state index contributed by atoms with van der Waals surface area (Å²) in [6, 6.07) is 0. The monoisotopic (exact) mass is 586 g/mol. The van der Waals surface area contributed by atoms with Crippen LogP contribution < -0.4 is 22.5 Å². The van der Waals surface area contributed by atoms with Gasteiger partial charge in [0.25, 0.3) is 11.1 Å². The van der Waals surface area contributed by atoms with Gasteiger partial charge in [-0.25, -0.2) is 9.59 Å². The van der Waals surface area contributed by atoms with Crippen molar-refractivity contribution in [1.29, 1.82) is 0 Å². The van der Waals surface area contributed by atoms with Gasteiger partial charge in [-0.1, -0.05) is 0 Å². The summed E-state index contributed by atoms with van der Waals surface area (Å²) in [7, 11) is -3.84. The third-order valence-electron chi connectivity index (χ3n) is 6.57. The zero-order chi connectivity index (χ0) is 29.4. The number of H-pyrrole nitrogens is 2. The second-order valence-corrected chi connectivity index (χ2v) is 11.7. The van der Waals surface area contributed by atoms with Gasteiger partial charge in [0.05, 0.1) is 19.3 Å². The number of rotatable bonds is 9. The Morgan fingerprint density at radius 3 is 1.98 bits per heavy atom. The molecule has 17 heteroatoms. The highest BCUT2D eigenvalue weighted by Crippen LogP contribution is 2.49. The minimum Gasteiger partial charge on any atom is -0.460 e. The summed E-state index contributed by atoms with van der Waals surface area (Å²) in [5.41, 5.74) is -1.96. The molecule has 0 bridgehead atoms. The summed E-state index contributed by atoms with van der Waals surface area (Å²) < 4.78 is 43.7. The first-order chi connectivity index (χ1) is 18.8. The molecule has 4 heterocycles. The molecule has 220 valence electrons. The number of ether oxygens (including phenoxy) is 3. The Morgan fingerprint density at radius 1 is 0.975 bits per heavy atom. The van der Waals surface area contributed by atoms with Crippen LogP contribution in [0.3, 0.4) is 0 Å². The van der Waals surface area contributed by atoms with Crippen LogP contribution in [0.2, 0.25) is 0 Å². The number of aryl methyl sites for hydroxylation is 2. The summed E-state index contributed by atoms with van der Waals surface area (Å²) in [6.07, 6.45) is -2.76. The molecule has 2 aliphatic rings. The molecule has 0 aromatic carbocycles. The molecule has 1 unspecified atom stereocenters. The number of carbonyl (C=O) groups excluding carboxylic acids is 1. The molecule has 0 aliphatic carbocycles. The van der Waals surface area contributed by atoms with Crippen LogP contribution in [-0.4, -0.2) is 74.5 Å². The molecule has 2 fully saturated rings.